The van der Waals surface area contributed by atoms with Crippen molar-refractivity contribution in [1.29, 1.82) is 0 Å². The first-order chi connectivity index (χ1) is 11.7. The molecule has 2 aliphatic heterocycles. The largest absolute Gasteiger partial charge is 0.445 e. The maximum Gasteiger partial charge on any atom is 0.410 e. The van der Waals surface area contributed by atoms with Gasteiger partial charge in [0.1, 0.15) is 12.6 Å². The van der Waals surface area contributed by atoms with Crippen LogP contribution >= 0.6 is 0 Å². The highest BCUT2D eigenvalue weighted by atomic mass is 16.6. The number of benzene rings is 1. The van der Waals surface area contributed by atoms with Gasteiger partial charge in [0.15, 0.2) is 0 Å². The summed E-state index contributed by atoms with van der Waals surface area (Å²) in [5.41, 5.74) is 0.929. The molecule has 1 aromatic rings. The van der Waals surface area contributed by atoms with E-state index in [1.165, 1.54) is 0 Å². The Balaban J connectivity index is 1.56. The number of hydrogen-bond acceptors (Lipinski definition) is 4. The first kappa shape index (κ1) is 16.8. The summed E-state index contributed by atoms with van der Waals surface area (Å²) in [5, 5.41) is 9.23. The lowest BCUT2D eigenvalue weighted by Crippen LogP contribution is -2.47. The minimum absolute atomic E-state index is 0.0138. The second-order valence-corrected chi connectivity index (χ2v) is 6.51. The molecule has 2 heterocycles. The van der Waals surface area contributed by atoms with Crippen molar-refractivity contribution < 1.29 is 19.4 Å². The Labute approximate surface area is 142 Å². The van der Waals surface area contributed by atoms with E-state index in [1.807, 2.05) is 30.3 Å². The minimum Gasteiger partial charge on any atom is -0.445 e. The lowest BCUT2D eigenvalue weighted by molar-refractivity contribution is -0.134. The van der Waals surface area contributed by atoms with E-state index in [2.05, 4.69) is 0 Å². The molecular formula is C18H24N2O4. The van der Waals surface area contributed by atoms with Crippen LogP contribution < -0.4 is 0 Å². The molecule has 2 atom stereocenters. The molecule has 2 amide bonds. The second kappa shape index (κ2) is 7.66. The van der Waals surface area contributed by atoms with Gasteiger partial charge in [-0.15, -0.1) is 0 Å². The summed E-state index contributed by atoms with van der Waals surface area (Å²) in [6.07, 6.45) is 1.90. The van der Waals surface area contributed by atoms with Crippen LogP contribution in [0.15, 0.2) is 30.3 Å². The predicted octanol–water partition coefficient (Wildman–Crippen LogP) is 1.63. The zero-order chi connectivity index (χ0) is 16.9. The summed E-state index contributed by atoms with van der Waals surface area (Å²) in [6.45, 7) is 2.12. The molecule has 0 saturated carbocycles. The van der Waals surface area contributed by atoms with E-state index in [-0.39, 0.29) is 25.0 Å². The molecule has 6 heteroatoms. The van der Waals surface area contributed by atoms with Gasteiger partial charge in [-0.1, -0.05) is 30.3 Å². The Morgan fingerprint density at radius 2 is 1.96 bits per heavy atom. The van der Waals surface area contributed by atoms with Gasteiger partial charge in [0.2, 0.25) is 5.91 Å². The zero-order valence-electron chi connectivity index (χ0n) is 13.8. The molecule has 130 valence electrons. The van der Waals surface area contributed by atoms with Gasteiger partial charge in [0, 0.05) is 32.2 Å². The van der Waals surface area contributed by atoms with Crippen LogP contribution in [0.5, 0.6) is 0 Å². The number of hydrogen-bond donors (Lipinski definition) is 1. The first-order valence-electron chi connectivity index (χ1n) is 8.56. The van der Waals surface area contributed by atoms with Crippen molar-refractivity contribution in [2.75, 3.05) is 26.2 Å². The highest BCUT2D eigenvalue weighted by Gasteiger charge is 2.39. The summed E-state index contributed by atoms with van der Waals surface area (Å²) in [5.74, 6) is 0.147. The van der Waals surface area contributed by atoms with E-state index in [4.69, 9.17) is 4.74 Å². The van der Waals surface area contributed by atoms with Gasteiger partial charge in [-0.3, -0.25) is 9.69 Å². The SMILES string of the molecule is O=C([C@@H]1CCCN1C(=O)OCc1ccccc1)N1CC[C@H](CO)C1. The second-order valence-electron chi connectivity index (χ2n) is 6.51. The van der Waals surface area contributed by atoms with Gasteiger partial charge in [0.25, 0.3) is 0 Å². The summed E-state index contributed by atoms with van der Waals surface area (Å²) in [4.78, 5) is 28.4. The number of ether oxygens (including phenoxy) is 1. The fourth-order valence-corrected chi connectivity index (χ4v) is 3.44. The highest BCUT2D eigenvalue weighted by Crippen LogP contribution is 2.24. The third-order valence-corrected chi connectivity index (χ3v) is 4.83. The molecule has 0 spiro atoms. The third kappa shape index (κ3) is 3.70. The van der Waals surface area contributed by atoms with Crippen molar-refractivity contribution in [2.45, 2.75) is 31.9 Å². The highest BCUT2D eigenvalue weighted by molar-refractivity contribution is 5.86. The normalized spacial score (nSPS) is 23.5. The van der Waals surface area contributed by atoms with Crippen molar-refractivity contribution in [1.82, 2.24) is 9.80 Å². The van der Waals surface area contributed by atoms with Crippen molar-refractivity contribution in [2.24, 2.45) is 5.92 Å². The van der Waals surface area contributed by atoms with Crippen LogP contribution in [-0.2, 0) is 16.1 Å². The molecule has 0 radical (unpaired) electrons. The fourth-order valence-electron chi connectivity index (χ4n) is 3.44. The molecule has 1 N–H and O–H groups in total. The summed E-state index contributed by atoms with van der Waals surface area (Å²) in [6, 6.07) is 9.09. The molecule has 2 saturated heterocycles. The maximum atomic E-state index is 12.7. The van der Waals surface area contributed by atoms with Gasteiger partial charge in [-0.05, 0) is 24.8 Å². The Morgan fingerprint density at radius 1 is 1.17 bits per heavy atom. The Hall–Kier alpha value is -2.08. The average Bonchev–Trinajstić information content (AvgIpc) is 3.29. The van der Waals surface area contributed by atoms with Gasteiger partial charge in [-0.2, -0.15) is 0 Å². The Morgan fingerprint density at radius 3 is 2.67 bits per heavy atom. The fraction of sp³-hybridized carbons (Fsp3) is 0.556. The van der Waals surface area contributed by atoms with Crippen LogP contribution in [0.1, 0.15) is 24.8 Å². The first-order valence-corrected chi connectivity index (χ1v) is 8.56. The van der Waals surface area contributed by atoms with E-state index in [9.17, 15) is 14.7 Å². The van der Waals surface area contributed by atoms with Gasteiger partial charge >= 0.3 is 6.09 Å². The van der Waals surface area contributed by atoms with Crippen LogP contribution in [0, 0.1) is 5.92 Å². The molecule has 0 bridgehead atoms. The quantitative estimate of drug-likeness (QED) is 0.910. The topological polar surface area (TPSA) is 70.1 Å². The van der Waals surface area contributed by atoms with Crippen LogP contribution in [0.4, 0.5) is 4.79 Å². The summed E-state index contributed by atoms with van der Waals surface area (Å²) >= 11 is 0. The van der Waals surface area contributed by atoms with Crippen molar-refractivity contribution >= 4 is 12.0 Å². The van der Waals surface area contributed by atoms with Crippen LogP contribution in [0.2, 0.25) is 0 Å². The van der Waals surface area contributed by atoms with Crippen molar-refractivity contribution in [3.8, 4) is 0 Å². The maximum absolute atomic E-state index is 12.7. The molecule has 1 aromatic carbocycles. The van der Waals surface area contributed by atoms with Gasteiger partial charge < -0.3 is 14.7 Å². The molecule has 2 aliphatic rings. The number of amides is 2. The molecular weight excluding hydrogens is 308 g/mol. The zero-order valence-corrected chi connectivity index (χ0v) is 13.8. The van der Waals surface area contributed by atoms with E-state index in [0.717, 1.165) is 18.4 Å². The molecule has 0 unspecified atom stereocenters. The lowest BCUT2D eigenvalue weighted by atomic mass is 10.1. The Kier molecular flexibility index (Phi) is 5.35. The number of carbonyl (C=O) groups is 2. The molecule has 0 aliphatic carbocycles. The van der Waals surface area contributed by atoms with E-state index >= 15 is 0 Å². The number of carbonyl (C=O) groups excluding carboxylic acids is 2. The average molecular weight is 332 g/mol. The smallest absolute Gasteiger partial charge is 0.410 e. The number of rotatable bonds is 4. The van der Waals surface area contributed by atoms with Crippen LogP contribution in [-0.4, -0.2) is 59.2 Å². The molecule has 2 fully saturated rings. The standard InChI is InChI=1S/C18H24N2O4/c21-12-15-8-10-19(11-15)17(22)16-7-4-9-20(16)18(23)24-13-14-5-2-1-3-6-14/h1-3,5-6,15-16,21H,4,7-13H2/t15-,16-/m0/s1. The number of likely N-dealkylation sites (tertiary alicyclic amines) is 2. The summed E-state index contributed by atoms with van der Waals surface area (Å²) in [7, 11) is 0. The van der Waals surface area contributed by atoms with E-state index in [1.54, 1.807) is 9.80 Å². The van der Waals surface area contributed by atoms with Gasteiger partial charge in [0.05, 0.1) is 0 Å². The van der Waals surface area contributed by atoms with Crippen molar-refractivity contribution in [3.63, 3.8) is 0 Å². The number of aliphatic hydroxyl groups is 1. The molecule has 3 rings (SSSR count). The number of aliphatic hydroxyl groups excluding tert-OH is 1. The van der Waals surface area contributed by atoms with E-state index < -0.39 is 12.1 Å². The van der Waals surface area contributed by atoms with Crippen molar-refractivity contribution in [3.05, 3.63) is 35.9 Å². The Bertz CT molecular complexity index is 578. The van der Waals surface area contributed by atoms with E-state index in [0.29, 0.717) is 26.1 Å². The molecule has 6 nitrogen and oxygen atoms in total. The minimum atomic E-state index is -0.425. The molecule has 0 aromatic heterocycles. The predicted molar refractivity (Wildman–Crippen MR) is 88.1 cm³/mol. The van der Waals surface area contributed by atoms with Crippen LogP contribution in [0.25, 0.3) is 0 Å². The monoisotopic (exact) mass is 332 g/mol. The van der Waals surface area contributed by atoms with Crippen LogP contribution in [0.3, 0.4) is 0 Å². The summed E-state index contributed by atoms with van der Waals surface area (Å²) < 4.78 is 5.37. The molecule has 24 heavy (non-hydrogen) atoms. The van der Waals surface area contributed by atoms with Gasteiger partial charge in [-0.25, -0.2) is 4.79 Å². The lowest BCUT2D eigenvalue weighted by Gasteiger charge is -2.27. The number of nitrogens with zero attached hydrogens (tertiary/aromatic N) is 2. The third-order valence-electron chi connectivity index (χ3n) is 4.83.